The van der Waals surface area contributed by atoms with Crippen molar-refractivity contribution in [2.24, 2.45) is 0 Å². The molecule has 21 heavy (non-hydrogen) atoms. The second-order valence-electron chi connectivity index (χ2n) is 5.54. The zero-order chi connectivity index (χ0) is 15.3. The lowest BCUT2D eigenvalue weighted by molar-refractivity contribution is 0.228. The first-order chi connectivity index (χ1) is 10.2. The van der Waals surface area contributed by atoms with Crippen molar-refractivity contribution in [3.05, 3.63) is 71.8 Å². The Morgan fingerprint density at radius 1 is 0.952 bits per heavy atom. The summed E-state index contributed by atoms with van der Waals surface area (Å²) < 4.78 is 0. The molecule has 0 heterocycles. The van der Waals surface area contributed by atoms with Gasteiger partial charge >= 0.3 is 0 Å². The fraction of sp³-hybridized carbons (Fsp3) is 0.316. The molecular weight excluding hydrogens is 256 g/mol. The van der Waals surface area contributed by atoms with E-state index < -0.39 is 5.41 Å². The van der Waals surface area contributed by atoms with Crippen molar-refractivity contribution in [3.63, 3.8) is 0 Å². The zero-order valence-electron chi connectivity index (χ0n) is 13.0. The molecule has 2 aromatic rings. The Labute approximate surface area is 127 Å². The van der Waals surface area contributed by atoms with Crippen LogP contribution in [0.5, 0.6) is 0 Å². The summed E-state index contributed by atoms with van der Waals surface area (Å²) in [5, 5.41) is 10.2. The minimum absolute atomic E-state index is 0.118. The first-order valence-electron chi connectivity index (χ1n) is 7.35. The molecule has 0 fully saturated rings. The maximum atomic E-state index is 10.2. The number of likely N-dealkylation sites (N-methyl/N-ethyl adjacent to an activating group) is 1. The lowest BCUT2D eigenvalue weighted by atomic mass is 9.69. The minimum Gasteiger partial charge on any atom is -0.304 e. The number of hydrogen-bond acceptors (Lipinski definition) is 2. The van der Waals surface area contributed by atoms with Gasteiger partial charge in [-0.25, -0.2) is 0 Å². The highest BCUT2D eigenvalue weighted by atomic mass is 15.1. The van der Waals surface area contributed by atoms with E-state index in [1.54, 1.807) is 0 Å². The second-order valence-corrected chi connectivity index (χ2v) is 5.54. The van der Waals surface area contributed by atoms with E-state index in [9.17, 15) is 5.26 Å². The van der Waals surface area contributed by atoms with E-state index >= 15 is 0 Å². The highest BCUT2D eigenvalue weighted by molar-refractivity contribution is 5.48. The van der Waals surface area contributed by atoms with Crippen LogP contribution in [0.15, 0.2) is 60.7 Å². The molecule has 108 valence electrons. The lowest BCUT2D eigenvalue weighted by Gasteiger charge is -2.39. The molecule has 0 aromatic heterocycles. The van der Waals surface area contributed by atoms with Gasteiger partial charge in [-0.2, -0.15) is 5.26 Å². The third kappa shape index (κ3) is 2.70. The van der Waals surface area contributed by atoms with Gasteiger partial charge in [-0.15, -0.1) is 0 Å². The van der Waals surface area contributed by atoms with E-state index in [0.29, 0.717) is 0 Å². The summed E-state index contributed by atoms with van der Waals surface area (Å²) in [5.41, 5.74) is 1.46. The van der Waals surface area contributed by atoms with Gasteiger partial charge in [-0.3, -0.25) is 0 Å². The van der Waals surface area contributed by atoms with Crippen LogP contribution in [0.2, 0.25) is 0 Å². The fourth-order valence-electron chi connectivity index (χ4n) is 3.22. The van der Waals surface area contributed by atoms with E-state index in [1.165, 1.54) is 0 Å². The summed E-state index contributed by atoms with van der Waals surface area (Å²) in [6, 6.07) is 23.0. The molecule has 2 heteroatoms. The number of rotatable bonds is 5. The summed E-state index contributed by atoms with van der Waals surface area (Å²) in [7, 11) is 4.10. The fourth-order valence-corrected chi connectivity index (χ4v) is 3.22. The average molecular weight is 278 g/mol. The predicted octanol–water partition coefficient (Wildman–Crippen LogP) is 3.84. The second kappa shape index (κ2) is 6.56. The minimum atomic E-state index is -0.652. The monoisotopic (exact) mass is 278 g/mol. The molecule has 0 saturated carbocycles. The molecule has 2 nitrogen and oxygen atoms in total. The third-order valence-electron chi connectivity index (χ3n) is 4.14. The van der Waals surface area contributed by atoms with Gasteiger partial charge in [0.1, 0.15) is 5.41 Å². The normalized spacial score (nSPS) is 12.9. The molecule has 0 N–H and O–H groups in total. The van der Waals surface area contributed by atoms with Gasteiger partial charge < -0.3 is 4.90 Å². The van der Waals surface area contributed by atoms with E-state index in [2.05, 4.69) is 42.2 Å². The summed E-state index contributed by atoms with van der Waals surface area (Å²) in [5.74, 6) is 0. The van der Waals surface area contributed by atoms with Crippen LogP contribution >= 0.6 is 0 Å². The Morgan fingerprint density at radius 3 is 1.67 bits per heavy atom. The molecule has 1 unspecified atom stereocenters. The van der Waals surface area contributed by atoms with Crippen LogP contribution in [0.4, 0.5) is 0 Å². The number of hydrogen-bond donors (Lipinski definition) is 0. The Balaban J connectivity index is 2.72. The highest BCUT2D eigenvalue weighted by Gasteiger charge is 2.42. The van der Waals surface area contributed by atoms with Crippen LogP contribution in [-0.2, 0) is 5.41 Å². The van der Waals surface area contributed by atoms with E-state index in [4.69, 9.17) is 0 Å². The first kappa shape index (κ1) is 15.3. The summed E-state index contributed by atoms with van der Waals surface area (Å²) in [4.78, 5) is 2.16. The van der Waals surface area contributed by atoms with Gasteiger partial charge in [-0.1, -0.05) is 67.6 Å². The molecule has 1 atom stereocenters. The van der Waals surface area contributed by atoms with Gasteiger partial charge in [0, 0.05) is 6.04 Å². The number of benzene rings is 2. The summed E-state index contributed by atoms with van der Waals surface area (Å²) >= 11 is 0. The molecular formula is C19H22N2. The van der Waals surface area contributed by atoms with Gasteiger partial charge in [0.15, 0.2) is 0 Å². The van der Waals surface area contributed by atoms with Gasteiger partial charge in [-0.05, 0) is 31.6 Å². The SMILES string of the molecule is CCC(N(C)C)C(C#N)(c1ccccc1)c1ccccc1. The summed E-state index contributed by atoms with van der Waals surface area (Å²) in [6.45, 7) is 2.14. The first-order valence-corrected chi connectivity index (χ1v) is 7.35. The van der Waals surface area contributed by atoms with Crippen molar-refractivity contribution in [2.75, 3.05) is 14.1 Å². The molecule has 0 radical (unpaired) electrons. The van der Waals surface area contributed by atoms with Crippen LogP contribution in [0.3, 0.4) is 0 Å². The number of nitrogens with zero attached hydrogens (tertiary/aromatic N) is 2. The third-order valence-corrected chi connectivity index (χ3v) is 4.14. The van der Waals surface area contributed by atoms with Crippen LogP contribution in [0.1, 0.15) is 24.5 Å². The van der Waals surface area contributed by atoms with Crippen molar-refractivity contribution in [1.29, 1.82) is 5.26 Å². The van der Waals surface area contributed by atoms with Crippen molar-refractivity contribution < 1.29 is 0 Å². The Bertz CT molecular complexity index is 557. The molecule has 0 aliphatic carbocycles. The lowest BCUT2D eigenvalue weighted by Crippen LogP contribution is -2.47. The molecule has 0 spiro atoms. The van der Waals surface area contributed by atoms with Crippen LogP contribution in [0, 0.1) is 11.3 Å². The standard InChI is InChI=1S/C19H22N2/c1-4-18(21(2)3)19(15-20,16-11-7-5-8-12-16)17-13-9-6-10-14-17/h5-14,18H,4H2,1-3H3. The number of nitriles is 1. The predicted molar refractivity (Wildman–Crippen MR) is 87.0 cm³/mol. The Kier molecular flexibility index (Phi) is 4.77. The van der Waals surface area contributed by atoms with Crippen molar-refractivity contribution in [3.8, 4) is 6.07 Å². The van der Waals surface area contributed by atoms with Crippen LogP contribution in [-0.4, -0.2) is 25.0 Å². The molecule has 0 saturated heterocycles. The molecule has 0 bridgehead atoms. The van der Waals surface area contributed by atoms with E-state index in [1.807, 2.05) is 50.5 Å². The van der Waals surface area contributed by atoms with Crippen LogP contribution in [0.25, 0.3) is 0 Å². The quantitative estimate of drug-likeness (QED) is 0.831. The van der Waals surface area contributed by atoms with Gasteiger partial charge in [0.2, 0.25) is 0 Å². The van der Waals surface area contributed by atoms with Gasteiger partial charge in [0.05, 0.1) is 6.07 Å². The largest absolute Gasteiger partial charge is 0.304 e. The Hall–Kier alpha value is -2.11. The maximum absolute atomic E-state index is 10.2. The Morgan fingerprint density at radius 2 is 1.38 bits per heavy atom. The van der Waals surface area contributed by atoms with Gasteiger partial charge in [0.25, 0.3) is 0 Å². The zero-order valence-corrected chi connectivity index (χ0v) is 13.0. The van der Waals surface area contributed by atoms with Crippen molar-refractivity contribution in [2.45, 2.75) is 24.8 Å². The maximum Gasteiger partial charge on any atom is 0.122 e. The molecule has 0 aliphatic rings. The molecule has 0 amide bonds. The summed E-state index contributed by atoms with van der Waals surface area (Å²) in [6.07, 6.45) is 0.907. The molecule has 2 aromatic carbocycles. The molecule has 0 aliphatic heterocycles. The topological polar surface area (TPSA) is 27.0 Å². The highest BCUT2D eigenvalue weighted by Crippen LogP contribution is 2.38. The average Bonchev–Trinajstić information content (AvgIpc) is 2.54. The van der Waals surface area contributed by atoms with Crippen LogP contribution < -0.4 is 0 Å². The smallest absolute Gasteiger partial charge is 0.122 e. The van der Waals surface area contributed by atoms with Crippen molar-refractivity contribution in [1.82, 2.24) is 4.90 Å². The van der Waals surface area contributed by atoms with E-state index in [-0.39, 0.29) is 6.04 Å². The van der Waals surface area contributed by atoms with Crippen molar-refractivity contribution >= 4 is 0 Å². The van der Waals surface area contributed by atoms with E-state index in [0.717, 1.165) is 17.5 Å². The molecule has 2 rings (SSSR count).